The van der Waals surface area contributed by atoms with Gasteiger partial charge in [0.15, 0.2) is 0 Å². The molecule has 0 saturated carbocycles. The number of benzene rings is 1. The van der Waals surface area contributed by atoms with E-state index in [-0.39, 0.29) is 4.90 Å². The first-order valence-corrected chi connectivity index (χ1v) is 8.51. The lowest BCUT2D eigenvalue weighted by molar-refractivity contribution is 0.466. The molecular weight excluding hydrogens is 354 g/mol. The van der Waals surface area contributed by atoms with E-state index in [1.54, 1.807) is 26.2 Å². The van der Waals surface area contributed by atoms with Gasteiger partial charge in [0.25, 0.3) is 0 Å². The minimum absolute atomic E-state index is 0.180. The third kappa shape index (κ3) is 3.81. The smallest absolute Gasteiger partial charge is 0.244 e. The van der Waals surface area contributed by atoms with Gasteiger partial charge >= 0.3 is 0 Å². The lowest BCUT2D eigenvalue weighted by Gasteiger charge is -2.17. The molecule has 0 atom stereocenters. The highest BCUT2D eigenvalue weighted by Crippen LogP contribution is 2.19. The minimum atomic E-state index is -3.55. The van der Waals surface area contributed by atoms with Crippen LogP contribution in [0.3, 0.4) is 0 Å². The highest BCUT2D eigenvalue weighted by atomic mass is 79.9. The Balaban J connectivity index is 2.21. The van der Waals surface area contributed by atoms with Gasteiger partial charge in [-0.1, -0.05) is 28.1 Å². The largest absolute Gasteiger partial charge is 0.373 e. The Hall–Kier alpha value is -1.44. The standard InChI is InChI=1S/C14H16BrN3O2S/c1-16-14-7-6-13(9-17-14)21(19,20)18(2)10-11-4-3-5-12(15)8-11/h3-9H,10H2,1-2H3,(H,16,17). The van der Waals surface area contributed by atoms with E-state index in [0.717, 1.165) is 10.0 Å². The molecule has 0 fully saturated rings. The van der Waals surface area contributed by atoms with Crippen LogP contribution in [0.15, 0.2) is 52.0 Å². The average Bonchev–Trinajstić information content (AvgIpc) is 2.47. The van der Waals surface area contributed by atoms with Crippen molar-refractivity contribution >= 4 is 31.8 Å². The predicted octanol–water partition coefficient (Wildman–Crippen LogP) is 2.71. The summed E-state index contributed by atoms with van der Waals surface area (Å²) >= 11 is 3.38. The fourth-order valence-corrected chi connectivity index (χ4v) is 3.39. The molecule has 1 heterocycles. The summed E-state index contributed by atoms with van der Waals surface area (Å²) in [6.07, 6.45) is 1.36. The molecule has 2 aromatic rings. The molecule has 0 saturated heterocycles. The van der Waals surface area contributed by atoms with Crippen LogP contribution in [0.4, 0.5) is 5.82 Å². The van der Waals surface area contributed by atoms with E-state index in [2.05, 4.69) is 26.2 Å². The van der Waals surface area contributed by atoms with Crippen molar-refractivity contribution in [1.29, 1.82) is 0 Å². The first-order chi connectivity index (χ1) is 9.93. The normalized spacial score (nSPS) is 11.6. The molecule has 0 radical (unpaired) electrons. The molecule has 112 valence electrons. The molecule has 0 bridgehead atoms. The molecule has 1 aromatic carbocycles. The SMILES string of the molecule is CNc1ccc(S(=O)(=O)N(C)Cc2cccc(Br)c2)cn1. The van der Waals surface area contributed by atoms with E-state index in [1.807, 2.05) is 24.3 Å². The predicted molar refractivity (Wildman–Crippen MR) is 86.6 cm³/mol. The lowest BCUT2D eigenvalue weighted by atomic mass is 10.2. The fourth-order valence-electron chi connectivity index (χ4n) is 1.84. The van der Waals surface area contributed by atoms with Crippen molar-refractivity contribution in [3.05, 3.63) is 52.6 Å². The summed E-state index contributed by atoms with van der Waals surface area (Å²) in [7, 11) is -0.257. The maximum atomic E-state index is 12.5. The van der Waals surface area contributed by atoms with Crippen molar-refractivity contribution in [2.45, 2.75) is 11.4 Å². The number of hydrogen-bond donors (Lipinski definition) is 1. The van der Waals surface area contributed by atoms with E-state index in [1.165, 1.54) is 10.5 Å². The van der Waals surface area contributed by atoms with Crippen molar-refractivity contribution in [2.75, 3.05) is 19.4 Å². The van der Waals surface area contributed by atoms with Crippen molar-refractivity contribution in [2.24, 2.45) is 0 Å². The maximum absolute atomic E-state index is 12.5. The maximum Gasteiger partial charge on any atom is 0.244 e. The Bertz CT molecular complexity index is 717. The highest BCUT2D eigenvalue weighted by molar-refractivity contribution is 9.10. The second-order valence-corrected chi connectivity index (χ2v) is 7.48. The van der Waals surface area contributed by atoms with Crippen molar-refractivity contribution in [1.82, 2.24) is 9.29 Å². The number of anilines is 1. The summed E-state index contributed by atoms with van der Waals surface area (Å²) in [5, 5.41) is 2.86. The fraction of sp³-hybridized carbons (Fsp3) is 0.214. The van der Waals surface area contributed by atoms with Crippen LogP contribution < -0.4 is 5.32 Å². The van der Waals surface area contributed by atoms with Crippen LogP contribution in [0.2, 0.25) is 0 Å². The topological polar surface area (TPSA) is 62.3 Å². The summed E-state index contributed by atoms with van der Waals surface area (Å²) in [5.74, 6) is 0.628. The molecule has 0 aliphatic rings. The molecule has 0 amide bonds. The van der Waals surface area contributed by atoms with Crippen LogP contribution in [0.5, 0.6) is 0 Å². The number of nitrogens with zero attached hydrogens (tertiary/aromatic N) is 2. The van der Waals surface area contributed by atoms with Crippen LogP contribution in [-0.4, -0.2) is 31.8 Å². The molecular formula is C14H16BrN3O2S. The third-order valence-electron chi connectivity index (χ3n) is 2.99. The van der Waals surface area contributed by atoms with E-state index in [9.17, 15) is 8.42 Å². The van der Waals surface area contributed by atoms with Crippen LogP contribution in [0.25, 0.3) is 0 Å². The zero-order valence-electron chi connectivity index (χ0n) is 11.7. The monoisotopic (exact) mass is 369 g/mol. The van der Waals surface area contributed by atoms with Gasteiger partial charge in [-0.15, -0.1) is 0 Å². The summed E-state index contributed by atoms with van der Waals surface area (Å²) in [4.78, 5) is 4.22. The van der Waals surface area contributed by atoms with E-state index >= 15 is 0 Å². The number of nitrogens with one attached hydrogen (secondary N) is 1. The number of rotatable bonds is 5. The van der Waals surface area contributed by atoms with Crippen LogP contribution in [0, 0.1) is 0 Å². The van der Waals surface area contributed by atoms with Gasteiger partial charge in [-0.2, -0.15) is 4.31 Å². The third-order valence-corrected chi connectivity index (χ3v) is 5.28. The molecule has 0 aliphatic carbocycles. The van der Waals surface area contributed by atoms with Crippen molar-refractivity contribution in [3.63, 3.8) is 0 Å². The average molecular weight is 370 g/mol. The first kappa shape index (κ1) is 15.9. The summed E-state index contributed by atoms with van der Waals surface area (Å²) in [6.45, 7) is 0.301. The van der Waals surface area contributed by atoms with Crippen molar-refractivity contribution < 1.29 is 8.42 Å². The molecule has 2 rings (SSSR count). The summed E-state index contributed by atoms with van der Waals surface area (Å²) < 4.78 is 27.2. The summed E-state index contributed by atoms with van der Waals surface area (Å²) in [5.41, 5.74) is 0.912. The molecule has 0 spiro atoms. The van der Waals surface area contributed by atoms with Crippen LogP contribution in [-0.2, 0) is 16.6 Å². The van der Waals surface area contributed by atoms with Crippen LogP contribution >= 0.6 is 15.9 Å². The number of pyridine rings is 1. The number of aromatic nitrogens is 1. The molecule has 0 unspecified atom stereocenters. The Kier molecular flexibility index (Phi) is 4.97. The Labute approximate surface area is 133 Å². The molecule has 21 heavy (non-hydrogen) atoms. The quantitative estimate of drug-likeness (QED) is 0.879. The van der Waals surface area contributed by atoms with Gasteiger partial charge in [-0.25, -0.2) is 13.4 Å². The second kappa shape index (κ2) is 6.55. The highest BCUT2D eigenvalue weighted by Gasteiger charge is 2.21. The Morgan fingerprint density at radius 2 is 2.05 bits per heavy atom. The van der Waals surface area contributed by atoms with Gasteiger partial charge in [0.1, 0.15) is 10.7 Å². The molecule has 7 heteroatoms. The second-order valence-electron chi connectivity index (χ2n) is 4.52. The van der Waals surface area contributed by atoms with Gasteiger partial charge in [0.2, 0.25) is 10.0 Å². The van der Waals surface area contributed by atoms with Crippen LogP contribution in [0.1, 0.15) is 5.56 Å². The first-order valence-electron chi connectivity index (χ1n) is 6.28. The Morgan fingerprint density at radius 3 is 2.62 bits per heavy atom. The van der Waals surface area contributed by atoms with Gasteiger partial charge in [0, 0.05) is 31.3 Å². The molecule has 0 aliphatic heterocycles. The van der Waals surface area contributed by atoms with E-state index < -0.39 is 10.0 Å². The van der Waals surface area contributed by atoms with Gasteiger partial charge < -0.3 is 5.32 Å². The number of hydrogen-bond acceptors (Lipinski definition) is 4. The summed E-state index contributed by atoms with van der Waals surface area (Å²) in [6, 6.07) is 10.8. The lowest BCUT2D eigenvalue weighted by Crippen LogP contribution is -2.26. The molecule has 5 nitrogen and oxygen atoms in total. The Morgan fingerprint density at radius 1 is 1.29 bits per heavy atom. The van der Waals surface area contributed by atoms with Gasteiger partial charge in [-0.3, -0.25) is 0 Å². The number of halogens is 1. The van der Waals surface area contributed by atoms with Gasteiger partial charge in [-0.05, 0) is 29.8 Å². The zero-order chi connectivity index (χ0) is 15.5. The minimum Gasteiger partial charge on any atom is -0.373 e. The molecule has 1 N–H and O–H groups in total. The number of sulfonamides is 1. The zero-order valence-corrected chi connectivity index (χ0v) is 14.1. The molecule has 1 aromatic heterocycles. The van der Waals surface area contributed by atoms with Crippen molar-refractivity contribution in [3.8, 4) is 0 Å². The van der Waals surface area contributed by atoms with Gasteiger partial charge in [0.05, 0.1) is 0 Å². The van der Waals surface area contributed by atoms with E-state index in [4.69, 9.17) is 0 Å². The van der Waals surface area contributed by atoms with E-state index in [0.29, 0.717) is 12.4 Å².